The summed E-state index contributed by atoms with van der Waals surface area (Å²) in [6, 6.07) is 0.896. The Balaban J connectivity index is 1.89. The van der Waals surface area contributed by atoms with Gasteiger partial charge in [-0.1, -0.05) is 0 Å². The standard InChI is InChI=1S/C13H16N2O3S/c16-12(17)11-9-4-8-19-10(9)3-7-15(11)13(18)14-5-1-2-6-14/h4,8,11H,1-3,5-7H2,(H,16,17). The number of thiophene rings is 1. The number of carbonyl (C=O) groups is 2. The third-order valence-electron chi connectivity index (χ3n) is 3.82. The van der Waals surface area contributed by atoms with Crippen LogP contribution in [0.4, 0.5) is 4.79 Å². The maximum absolute atomic E-state index is 12.4. The molecule has 5 nitrogen and oxygen atoms in total. The molecule has 0 bridgehead atoms. The summed E-state index contributed by atoms with van der Waals surface area (Å²) in [5.74, 6) is -0.938. The van der Waals surface area contributed by atoms with Crippen molar-refractivity contribution in [2.45, 2.75) is 25.3 Å². The smallest absolute Gasteiger partial charge is 0.331 e. The fourth-order valence-electron chi connectivity index (χ4n) is 2.88. The molecule has 3 rings (SSSR count). The summed E-state index contributed by atoms with van der Waals surface area (Å²) in [6.07, 6.45) is 2.79. The van der Waals surface area contributed by atoms with Crippen molar-refractivity contribution in [3.8, 4) is 0 Å². The van der Waals surface area contributed by atoms with Crippen LogP contribution in [0.1, 0.15) is 29.3 Å². The Morgan fingerprint density at radius 2 is 2.00 bits per heavy atom. The number of fused-ring (bicyclic) bond motifs is 1. The molecule has 1 unspecified atom stereocenters. The minimum Gasteiger partial charge on any atom is -0.479 e. The van der Waals surface area contributed by atoms with Gasteiger partial charge in [-0.2, -0.15) is 0 Å². The Bertz CT molecular complexity index is 508. The molecule has 1 atom stereocenters. The van der Waals surface area contributed by atoms with Crippen LogP contribution in [0.25, 0.3) is 0 Å². The molecule has 2 aliphatic rings. The average molecular weight is 280 g/mol. The number of aliphatic carboxylic acids is 1. The van der Waals surface area contributed by atoms with E-state index in [4.69, 9.17) is 0 Å². The van der Waals surface area contributed by atoms with Crippen molar-refractivity contribution in [3.05, 3.63) is 21.9 Å². The third kappa shape index (κ3) is 2.10. The van der Waals surface area contributed by atoms with E-state index >= 15 is 0 Å². The summed E-state index contributed by atoms with van der Waals surface area (Å²) in [4.78, 5) is 28.4. The molecule has 0 aromatic carbocycles. The van der Waals surface area contributed by atoms with Crippen LogP contribution in [0.15, 0.2) is 11.4 Å². The lowest BCUT2D eigenvalue weighted by Crippen LogP contribution is -2.48. The Kier molecular flexibility index (Phi) is 3.18. The van der Waals surface area contributed by atoms with Crippen LogP contribution in [0, 0.1) is 0 Å². The number of carboxylic acids is 1. The van der Waals surface area contributed by atoms with Gasteiger partial charge in [-0.25, -0.2) is 9.59 Å². The van der Waals surface area contributed by atoms with Crippen LogP contribution in [-0.2, 0) is 11.2 Å². The van der Waals surface area contributed by atoms with Gasteiger partial charge in [-0.15, -0.1) is 11.3 Å². The first kappa shape index (κ1) is 12.5. The van der Waals surface area contributed by atoms with Crippen LogP contribution in [0.5, 0.6) is 0 Å². The zero-order chi connectivity index (χ0) is 13.4. The minimum absolute atomic E-state index is 0.123. The fourth-order valence-corrected chi connectivity index (χ4v) is 3.78. The predicted octanol–water partition coefficient (Wildman–Crippen LogP) is 1.95. The molecule has 1 aromatic rings. The number of nitrogens with zero attached hydrogens (tertiary/aromatic N) is 2. The number of amides is 2. The van der Waals surface area contributed by atoms with Gasteiger partial charge in [-0.3, -0.25) is 0 Å². The van der Waals surface area contributed by atoms with Crippen molar-refractivity contribution < 1.29 is 14.7 Å². The van der Waals surface area contributed by atoms with Gasteiger partial charge in [0.2, 0.25) is 0 Å². The third-order valence-corrected chi connectivity index (χ3v) is 4.82. The van der Waals surface area contributed by atoms with Gasteiger partial charge in [0.05, 0.1) is 0 Å². The quantitative estimate of drug-likeness (QED) is 0.855. The summed E-state index contributed by atoms with van der Waals surface area (Å²) in [5, 5.41) is 11.4. The molecule has 1 N–H and O–H groups in total. The van der Waals surface area contributed by atoms with Crippen molar-refractivity contribution in [3.63, 3.8) is 0 Å². The number of likely N-dealkylation sites (tertiary alicyclic amines) is 1. The highest BCUT2D eigenvalue weighted by atomic mass is 32.1. The highest BCUT2D eigenvalue weighted by molar-refractivity contribution is 7.10. The molecule has 19 heavy (non-hydrogen) atoms. The lowest BCUT2D eigenvalue weighted by atomic mass is 10.0. The molecule has 0 saturated carbocycles. The average Bonchev–Trinajstić information content (AvgIpc) is 3.06. The van der Waals surface area contributed by atoms with E-state index < -0.39 is 12.0 Å². The lowest BCUT2D eigenvalue weighted by molar-refractivity contribution is -0.143. The van der Waals surface area contributed by atoms with Crippen molar-refractivity contribution in [1.82, 2.24) is 9.80 Å². The molecule has 3 heterocycles. The van der Waals surface area contributed by atoms with Crippen molar-refractivity contribution in [2.24, 2.45) is 0 Å². The maximum Gasteiger partial charge on any atom is 0.331 e. The molecule has 1 fully saturated rings. The van der Waals surface area contributed by atoms with E-state index in [0.717, 1.165) is 42.8 Å². The number of urea groups is 1. The number of hydrogen-bond acceptors (Lipinski definition) is 3. The zero-order valence-electron chi connectivity index (χ0n) is 10.5. The summed E-state index contributed by atoms with van der Waals surface area (Å²) in [5.41, 5.74) is 0.788. The molecular formula is C13H16N2O3S. The molecule has 0 spiro atoms. The largest absolute Gasteiger partial charge is 0.479 e. The van der Waals surface area contributed by atoms with Gasteiger partial charge in [-0.05, 0) is 36.3 Å². The van der Waals surface area contributed by atoms with Crippen molar-refractivity contribution >= 4 is 23.3 Å². The maximum atomic E-state index is 12.4. The second-order valence-electron chi connectivity index (χ2n) is 4.96. The van der Waals surface area contributed by atoms with E-state index in [-0.39, 0.29) is 6.03 Å². The van der Waals surface area contributed by atoms with E-state index in [2.05, 4.69) is 0 Å². The number of carboxylic acid groups (broad SMARTS) is 1. The van der Waals surface area contributed by atoms with E-state index in [1.807, 2.05) is 11.4 Å². The summed E-state index contributed by atoms with van der Waals surface area (Å²) in [7, 11) is 0. The van der Waals surface area contributed by atoms with Crippen molar-refractivity contribution in [2.75, 3.05) is 19.6 Å². The van der Waals surface area contributed by atoms with Crippen molar-refractivity contribution in [1.29, 1.82) is 0 Å². The molecule has 102 valence electrons. The van der Waals surface area contributed by atoms with Crippen LogP contribution in [0.2, 0.25) is 0 Å². The molecule has 6 heteroatoms. The molecule has 1 aromatic heterocycles. The van der Waals surface area contributed by atoms with Crippen LogP contribution < -0.4 is 0 Å². The van der Waals surface area contributed by atoms with Gasteiger partial charge >= 0.3 is 12.0 Å². The van der Waals surface area contributed by atoms with Gasteiger partial charge < -0.3 is 14.9 Å². The summed E-state index contributed by atoms with van der Waals surface area (Å²) in [6.45, 7) is 2.00. The van der Waals surface area contributed by atoms with E-state index in [9.17, 15) is 14.7 Å². The van der Waals surface area contributed by atoms with E-state index in [0.29, 0.717) is 6.54 Å². The van der Waals surface area contributed by atoms with Gasteiger partial charge in [0.15, 0.2) is 6.04 Å². The second kappa shape index (κ2) is 4.85. The van der Waals surface area contributed by atoms with Gasteiger partial charge in [0, 0.05) is 24.5 Å². The van der Waals surface area contributed by atoms with E-state index in [1.54, 1.807) is 16.2 Å². The first-order chi connectivity index (χ1) is 9.18. The first-order valence-corrected chi connectivity index (χ1v) is 7.41. The van der Waals surface area contributed by atoms with Gasteiger partial charge in [0.1, 0.15) is 0 Å². The van der Waals surface area contributed by atoms with Crippen LogP contribution in [-0.4, -0.2) is 46.5 Å². The first-order valence-electron chi connectivity index (χ1n) is 6.53. The predicted molar refractivity (Wildman–Crippen MR) is 71.3 cm³/mol. The SMILES string of the molecule is O=C(O)C1c2ccsc2CCN1C(=O)N1CCCC1. The minimum atomic E-state index is -0.938. The van der Waals surface area contributed by atoms with Crippen LogP contribution in [0.3, 0.4) is 0 Å². The Hall–Kier alpha value is -1.56. The van der Waals surface area contributed by atoms with Crippen LogP contribution >= 0.6 is 11.3 Å². The fraction of sp³-hybridized carbons (Fsp3) is 0.538. The molecule has 2 aliphatic heterocycles. The Morgan fingerprint density at radius 1 is 1.26 bits per heavy atom. The Labute approximate surface area is 115 Å². The lowest BCUT2D eigenvalue weighted by Gasteiger charge is -2.35. The monoisotopic (exact) mass is 280 g/mol. The topological polar surface area (TPSA) is 60.9 Å². The molecular weight excluding hydrogens is 264 g/mol. The molecule has 1 saturated heterocycles. The molecule has 2 amide bonds. The second-order valence-corrected chi connectivity index (χ2v) is 5.96. The number of hydrogen-bond donors (Lipinski definition) is 1. The summed E-state index contributed by atoms with van der Waals surface area (Å²) >= 11 is 1.58. The molecule has 0 radical (unpaired) electrons. The Morgan fingerprint density at radius 3 is 2.68 bits per heavy atom. The summed E-state index contributed by atoms with van der Waals surface area (Å²) < 4.78 is 0. The highest BCUT2D eigenvalue weighted by Gasteiger charge is 2.38. The van der Waals surface area contributed by atoms with E-state index in [1.165, 1.54) is 4.90 Å². The molecule has 0 aliphatic carbocycles. The number of carbonyl (C=O) groups excluding carboxylic acids is 1. The van der Waals surface area contributed by atoms with Gasteiger partial charge in [0.25, 0.3) is 0 Å². The zero-order valence-corrected chi connectivity index (χ0v) is 11.4. The highest BCUT2D eigenvalue weighted by Crippen LogP contribution is 2.34. The normalized spacial score (nSPS) is 22.4. The number of rotatable bonds is 1.